The van der Waals surface area contributed by atoms with Crippen LogP contribution in [-0.4, -0.2) is 30.6 Å². The highest BCUT2D eigenvalue weighted by Crippen LogP contribution is 2.16. The lowest BCUT2D eigenvalue weighted by Gasteiger charge is -2.10. The quantitative estimate of drug-likeness (QED) is 0.398. The van der Waals surface area contributed by atoms with Gasteiger partial charge in [0.25, 0.3) is 5.91 Å². The molecule has 0 aliphatic heterocycles. The van der Waals surface area contributed by atoms with Crippen LogP contribution in [0.15, 0.2) is 53.2 Å². The van der Waals surface area contributed by atoms with Crippen LogP contribution in [0, 0.1) is 0 Å². The van der Waals surface area contributed by atoms with Crippen molar-refractivity contribution in [3.63, 3.8) is 0 Å². The molecule has 1 heterocycles. The molecule has 0 saturated carbocycles. The number of amides is 2. The smallest absolute Gasteiger partial charge is 0.276 e. The second kappa shape index (κ2) is 9.84. The van der Waals surface area contributed by atoms with Crippen LogP contribution in [0.3, 0.4) is 0 Å². The Bertz CT molecular complexity index is 772. The number of thiocarbonyl (C=S) groups is 1. The fraction of sp³-hybridized carbons (Fsp3) is 0.118. The SMILES string of the molecule is COc1ccc(OCC(=O)NNC(=S)NC(=O)C=Cc2ccco2)cc1. The van der Waals surface area contributed by atoms with E-state index in [4.69, 9.17) is 26.1 Å². The third-order valence-corrected chi connectivity index (χ3v) is 3.13. The standard InChI is InChI=1S/C17H17N3O5S/c1-23-12-4-6-14(7-5-12)25-11-16(22)19-20-17(26)18-15(21)9-8-13-3-2-10-24-13/h2-10H,11H2,1H3,(H,19,22)(H2,18,20,21,26). The molecular weight excluding hydrogens is 358 g/mol. The lowest BCUT2D eigenvalue weighted by atomic mass is 10.3. The number of hydrogen-bond donors (Lipinski definition) is 3. The Kier molecular flexibility index (Phi) is 7.19. The lowest BCUT2D eigenvalue weighted by molar-refractivity contribution is -0.123. The lowest BCUT2D eigenvalue weighted by Crippen LogP contribution is -2.49. The molecule has 3 N–H and O–H groups in total. The zero-order valence-electron chi connectivity index (χ0n) is 13.9. The van der Waals surface area contributed by atoms with Crippen LogP contribution in [0.5, 0.6) is 11.5 Å². The average molecular weight is 375 g/mol. The van der Waals surface area contributed by atoms with Crippen LogP contribution in [0.25, 0.3) is 6.08 Å². The van der Waals surface area contributed by atoms with Gasteiger partial charge in [0, 0.05) is 6.08 Å². The van der Waals surface area contributed by atoms with Gasteiger partial charge in [-0.25, -0.2) is 0 Å². The van der Waals surface area contributed by atoms with Gasteiger partial charge in [0.05, 0.1) is 13.4 Å². The number of rotatable bonds is 6. The zero-order valence-corrected chi connectivity index (χ0v) is 14.7. The zero-order chi connectivity index (χ0) is 18.8. The molecule has 2 amide bonds. The maximum atomic E-state index is 11.7. The Morgan fingerprint density at radius 3 is 2.54 bits per heavy atom. The summed E-state index contributed by atoms with van der Waals surface area (Å²) < 4.78 is 15.4. The van der Waals surface area contributed by atoms with E-state index < -0.39 is 11.8 Å². The van der Waals surface area contributed by atoms with Crippen LogP contribution in [-0.2, 0) is 9.59 Å². The molecule has 26 heavy (non-hydrogen) atoms. The molecular formula is C17H17N3O5S. The highest BCUT2D eigenvalue weighted by atomic mass is 32.1. The number of nitrogens with one attached hydrogen (secondary N) is 3. The molecule has 0 atom stereocenters. The number of hydrogen-bond acceptors (Lipinski definition) is 6. The summed E-state index contributed by atoms with van der Waals surface area (Å²) in [5.74, 6) is 0.791. The van der Waals surface area contributed by atoms with E-state index >= 15 is 0 Å². The van der Waals surface area contributed by atoms with Crippen molar-refractivity contribution < 1.29 is 23.5 Å². The van der Waals surface area contributed by atoms with Gasteiger partial charge in [-0.15, -0.1) is 0 Å². The maximum absolute atomic E-state index is 11.7. The summed E-state index contributed by atoms with van der Waals surface area (Å²) in [6, 6.07) is 10.2. The molecule has 2 aromatic rings. The van der Waals surface area contributed by atoms with Gasteiger partial charge in [0.1, 0.15) is 17.3 Å². The Hall–Kier alpha value is -3.33. The monoisotopic (exact) mass is 375 g/mol. The van der Waals surface area contributed by atoms with Gasteiger partial charge >= 0.3 is 0 Å². The molecule has 0 aliphatic carbocycles. The number of furan rings is 1. The second-order valence-electron chi connectivity index (χ2n) is 4.80. The number of carbonyl (C=O) groups is 2. The van der Waals surface area contributed by atoms with Crippen molar-refractivity contribution in [1.82, 2.24) is 16.2 Å². The first kappa shape index (κ1) is 19.0. The van der Waals surface area contributed by atoms with E-state index in [-0.39, 0.29) is 11.7 Å². The molecule has 0 radical (unpaired) electrons. The molecule has 1 aromatic heterocycles. The minimum absolute atomic E-state index is 0.0584. The van der Waals surface area contributed by atoms with Crippen molar-refractivity contribution in [2.75, 3.05) is 13.7 Å². The molecule has 0 aliphatic rings. The molecule has 2 rings (SSSR count). The summed E-state index contributed by atoms with van der Waals surface area (Å²) in [7, 11) is 1.56. The Morgan fingerprint density at radius 1 is 1.15 bits per heavy atom. The predicted molar refractivity (Wildman–Crippen MR) is 98.3 cm³/mol. The van der Waals surface area contributed by atoms with E-state index in [0.29, 0.717) is 17.3 Å². The van der Waals surface area contributed by atoms with Gasteiger partial charge in [-0.3, -0.25) is 25.8 Å². The maximum Gasteiger partial charge on any atom is 0.276 e. The molecule has 0 bridgehead atoms. The molecule has 9 heteroatoms. The summed E-state index contributed by atoms with van der Waals surface area (Å²) in [5.41, 5.74) is 4.72. The van der Waals surface area contributed by atoms with Crippen molar-refractivity contribution in [1.29, 1.82) is 0 Å². The van der Waals surface area contributed by atoms with E-state index in [0.717, 1.165) is 0 Å². The molecule has 0 spiro atoms. The van der Waals surface area contributed by atoms with Crippen molar-refractivity contribution in [2.45, 2.75) is 0 Å². The highest BCUT2D eigenvalue weighted by Gasteiger charge is 2.05. The third-order valence-electron chi connectivity index (χ3n) is 2.92. The van der Waals surface area contributed by atoms with Crippen LogP contribution < -0.4 is 25.6 Å². The molecule has 1 aromatic carbocycles. The second-order valence-corrected chi connectivity index (χ2v) is 5.21. The molecule has 136 valence electrons. The van der Waals surface area contributed by atoms with Gasteiger partial charge in [-0.2, -0.15) is 0 Å². The summed E-state index contributed by atoms with van der Waals surface area (Å²) in [4.78, 5) is 23.3. The van der Waals surface area contributed by atoms with Crippen LogP contribution in [0.4, 0.5) is 0 Å². The Balaban J connectivity index is 1.66. The summed E-state index contributed by atoms with van der Waals surface area (Å²) in [6.07, 6.45) is 4.23. The van der Waals surface area contributed by atoms with E-state index in [1.54, 1.807) is 43.5 Å². The van der Waals surface area contributed by atoms with E-state index in [1.807, 2.05) is 0 Å². The average Bonchev–Trinajstić information content (AvgIpc) is 3.17. The topological polar surface area (TPSA) is 102 Å². The van der Waals surface area contributed by atoms with Gasteiger partial charge in [-0.1, -0.05) is 0 Å². The van der Waals surface area contributed by atoms with E-state index in [1.165, 1.54) is 18.4 Å². The summed E-state index contributed by atoms with van der Waals surface area (Å²) in [5, 5.41) is 2.31. The fourth-order valence-corrected chi connectivity index (χ4v) is 1.86. The minimum atomic E-state index is -0.470. The largest absolute Gasteiger partial charge is 0.497 e. The number of hydrazine groups is 1. The Labute approximate surface area is 155 Å². The van der Waals surface area contributed by atoms with Gasteiger partial charge in [0.15, 0.2) is 11.7 Å². The van der Waals surface area contributed by atoms with Crippen molar-refractivity contribution in [2.24, 2.45) is 0 Å². The van der Waals surface area contributed by atoms with Crippen LogP contribution in [0.1, 0.15) is 5.76 Å². The number of carbonyl (C=O) groups excluding carboxylic acids is 2. The van der Waals surface area contributed by atoms with Crippen molar-refractivity contribution in [3.8, 4) is 11.5 Å². The van der Waals surface area contributed by atoms with Gasteiger partial charge in [0.2, 0.25) is 5.91 Å². The van der Waals surface area contributed by atoms with Gasteiger partial charge in [-0.05, 0) is 54.7 Å². The number of benzene rings is 1. The fourth-order valence-electron chi connectivity index (χ4n) is 1.71. The molecule has 8 nitrogen and oxygen atoms in total. The van der Waals surface area contributed by atoms with Gasteiger partial charge < -0.3 is 13.9 Å². The van der Waals surface area contributed by atoms with Crippen molar-refractivity contribution >= 4 is 35.2 Å². The first-order valence-electron chi connectivity index (χ1n) is 7.45. The molecule has 0 unspecified atom stereocenters. The minimum Gasteiger partial charge on any atom is -0.497 e. The van der Waals surface area contributed by atoms with Crippen molar-refractivity contribution in [3.05, 3.63) is 54.5 Å². The number of ether oxygens (including phenoxy) is 2. The van der Waals surface area contributed by atoms with Crippen LogP contribution >= 0.6 is 12.2 Å². The summed E-state index contributed by atoms with van der Waals surface area (Å²) >= 11 is 4.90. The number of methoxy groups -OCH3 is 1. The molecule has 0 fully saturated rings. The first-order chi connectivity index (χ1) is 12.6. The normalized spacial score (nSPS) is 10.2. The Morgan fingerprint density at radius 2 is 1.88 bits per heavy atom. The van der Waals surface area contributed by atoms with Crippen LogP contribution in [0.2, 0.25) is 0 Å². The van der Waals surface area contributed by atoms with E-state index in [2.05, 4.69) is 16.2 Å². The molecule has 0 saturated heterocycles. The third kappa shape index (κ3) is 6.65. The summed E-state index contributed by atoms with van der Waals surface area (Å²) in [6.45, 7) is -0.228. The highest BCUT2D eigenvalue weighted by molar-refractivity contribution is 7.80. The first-order valence-corrected chi connectivity index (χ1v) is 7.86. The van der Waals surface area contributed by atoms with E-state index in [9.17, 15) is 9.59 Å². The predicted octanol–water partition coefficient (Wildman–Crippen LogP) is 1.40.